The van der Waals surface area contributed by atoms with Gasteiger partial charge < -0.3 is 10.2 Å². The van der Waals surface area contributed by atoms with Crippen LogP contribution in [0.4, 0.5) is 0 Å². The Hall–Kier alpha value is -0.530. The first-order valence-electron chi connectivity index (χ1n) is 5.63. The Morgan fingerprint density at radius 2 is 2.00 bits per heavy atom. The average Bonchev–Trinajstić information content (AvgIpc) is 2.65. The molecule has 6 nitrogen and oxygen atoms in total. The van der Waals surface area contributed by atoms with Crippen molar-refractivity contribution in [2.75, 3.05) is 45.9 Å². The molecule has 16 heavy (non-hydrogen) atoms. The van der Waals surface area contributed by atoms with Crippen molar-refractivity contribution in [1.82, 2.24) is 9.91 Å². The fourth-order valence-electron chi connectivity index (χ4n) is 1.95. The number of aliphatic hydroxyl groups is 2. The Labute approximate surface area is 95.6 Å². The number of hydrogen-bond acceptors (Lipinski definition) is 6. The molecule has 6 heteroatoms. The molecule has 0 radical (unpaired) electrons. The van der Waals surface area contributed by atoms with Crippen LogP contribution in [0.15, 0.2) is 0 Å². The highest BCUT2D eigenvalue weighted by Gasteiger charge is 2.27. The standard InChI is InChI=1S/C10H21N3O3/c11-13-2-1-9(7-13)10(16)8-12(3-5-14)4-6-15/h9,14-15H,1-8,11H2. The van der Waals surface area contributed by atoms with Crippen LogP contribution in [0.2, 0.25) is 0 Å². The number of rotatable bonds is 7. The first-order valence-corrected chi connectivity index (χ1v) is 5.63. The van der Waals surface area contributed by atoms with E-state index in [1.54, 1.807) is 9.91 Å². The van der Waals surface area contributed by atoms with Crippen LogP contribution in [0.3, 0.4) is 0 Å². The maximum atomic E-state index is 11.9. The van der Waals surface area contributed by atoms with Crippen LogP contribution >= 0.6 is 0 Å². The molecule has 0 spiro atoms. The zero-order chi connectivity index (χ0) is 12.0. The van der Waals surface area contributed by atoms with Gasteiger partial charge in [-0.25, -0.2) is 5.01 Å². The minimum Gasteiger partial charge on any atom is -0.395 e. The second kappa shape index (κ2) is 6.93. The second-order valence-electron chi connectivity index (χ2n) is 4.17. The van der Waals surface area contributed by atoms with Gasteiger partial charge in [-0.1, -0.05) is 0 Å². The van der Waals surface area contributed by atoms with Crippen molar-refractivity contribution in [2.24, 2.45) is 11.8 Å². The molecule has 0 aromatic heterocycles. The maximum Gasteiger partial charge on any atom is 0.151 e. The molecule has 1 aliphatic heterocycles. The van der Waals surface area contributed by atoms with E-state index in [1.807, 2.05) is 0 Å². The molecule has 0 amide bonds. The van der Waals surface area contributed by atoms with Crippen molar-refractivity contribution < 1.29 is 15.0 Å². The van der Waals surface area contributed by atoms with Crippen LogP contribution in [0.25, 0.3) is 0 Å². The SMILES string of the molecule is NN1CCC(C(=O)CN(CCO)CCO)C1. The highest BCUT2D eigenvalue weighted by atomic mass is 16.3. The van der Waals surface area contributed by atoms with Crippen molar-refractivity contribution in [3.8, 4) is 0 Å². The first-order chi connectivity index (χ1) is 7.67. The number of carbonyl (C=O) groups is 1. The molecule has 1 saturated heterocycles. The van der Waals surface area contributed by atoms with Gasteiger partial charge in [-0.2, -0.15) is 0 Å². The van der Waals surface area contributed by atoms with Crippen molar-refractivity contribution in [2.45, 2.75) is 6.42 Å². The van der Waals surface area contributed by atoms with Crippen LogP contribution in [-0.4, -0.2) is 71.8 Å². The van der Waals surface area contributed by atoms with E-state index in [1.165, 1.54) is 0 Å². The lowest BCUT2D eigenvalue weighted by molar-refractivity contribution is -0.123. The number of hydrazine groups is 1. The van der Waals surface area contributed by atoms with E-state index in [9.17, 15) is 4.79 Å². The average molecular weight is 231 g/mol. The predicted molar refractivity (Wildman–Crippen MR) is 59.5 cm³/mol. The first kappa shape index (κ1) is 13.5. The van der Waals surface area contributed by atoms with Gasteiger partial charge in [-0.15, -0.1) is 0 Å². The number of aliphatic hydroxyl groups excluding tert-OH is 2. The minimum absolute atomic E-state index is 0.000953. The summed E-state index contributed by atoms with van der Waals surface area (Å²) in [6.45, 7) is 2.51. The Bertz CT molecular complexity index is 219. The lowest BCUT2D eigenvalue weighted by atomic mass is 10.0. The largest absolute Gasteiger partial charge is 0.395 e. The molecule has 1 fully saturated rings. The van der Waals surface area contributed by atoms with E-state index in [2.05, 4.69) is 0 Å². The summed E-state index contributed by atoms with van der Waals surface area (Å²) in [5, 5.41) is 19.3. The highest BCUT2D eigenvalue weighted by molar-refractivity contribution is 5.83. The van der Waals surface area contributed by atoms with Crippen LogP contribution in [0.1, 0.15) is 6.42 Å². The summed E-state index contributed by atoms with van der Waals surface area (Å²) >= 11 is 0. The van der Waals surface area contributed by atoms with Crippen LogP contribution in [-0.2, 0) is 4.79 Å². The van der Waals surface area contributed by atoms with Gasteiger partial charge in [0.1, 0.15) is 0 Å². The fourth-order valence-corrected chi connectivity index (χ4v) is 1.95. The number of nitrogens with two attached hydrogens (primary N) is 1. The van der Waals surface area contributed by atoms with E-state index >= 15 is 0 Å². The third kappa shape index (κ3) is 4.15. The summed E-state index contributed by atoms with van der Waals surface area (Å²) in [5.41, 5.74) is 0. The van der Waals surface area contributed by atoms with Crippen LogP contribution in [0, 0.1) is 5.92 Å². The predicted octanol–water partition coefficient (Wildman–Crippen LogP) is -1.96. The van der Waals surface area contributed by atoms with Gasteiger partial charge in [-0.3, -0.25) is 15.5 Å². The highest BCUT2D eigenvalue weighted by Crippen LogP contribution is 2.14. The molecule has 1 unspecified atom stereocenters. The van der Waals surface area contributed by atoms with E-state index < -0.39 is 0 Å². The lowest BCUT2D eigenvalue weighted by Crippen LogP contribution is -2.38. The van der Waals surface area contributed by atoms with Gasteiger partial charge in [0, 0.05) is 32.1 Å². The topological polar surface area (TPSA) is 90.0 Å². The zero-order valence-corrected chi connectivity index (χ0v) is 9.51. The summed E-state index contributed by atoms with van der Waals surface area (Å²) in [5.74, 6) is 5.75. The smallest absolute Gasteiger partial charge is 0.151 e. The molecule has 1 aliphatic rings. The van der Waals surface area contributed by atoms with Gasteiger partial charge in [0.05, 0.1) is 19.8 Å². The Kier molecular flexibility index (Phi) is 5.86. The van der Waals surface area contributed by atoms with Crippen LogP contribution < -0.4 is 5.84 Å². The number of nitrogens with zero attached hydrogens (tertiary/aromatic N) is 2. The number of ketones is 1. The molecule has 1 atom stereocenters. The summed E-state index contributed by atoms with van der Waals surface area (Å²) in [7, 11) is 0. The molecular weight excluding hydrogens is 210 g/mol. The molecular formula is C10H21N3O3. The molecule has 0 saturated carbocycles. The van der Waals surface area contributed by atoms with Gasteiger partial charge in [-0.05, 0) is 6.42 Å². The quantitative estimate of drug-likeness (QED) is 0.441. The molecule has 94 valence electrons. The van der Waals surface area contributed by atoms with Crippen molar-refractivity contribution in [1.29, 1.82) is 0 Å². The molecule has 0 aliphatic carbocycles. The molecule has 1 rings (SSSR count). The Balaban J connectivity index is 2.35. The summed E-state index contributed by atoms with van der Waals surface area (Å²) in [6.07, 6.45) is 0.807. The van der Waals surface area contributed by atoms with E-state index in [-0.39, 0.29) is 24.9 Å². The van der Waals surface area contributed by atoms with Gasteiger partial charge >= 0.3 is 0 Å². The normalized spacial score (nSPS) is 21.9. The van der Waals surface area contributed by atoms with Gasteiger partial charge in [0.15, 0.2) is 5.78 Å². The summed E-state index contributed by atoms with van der Waals surface area (Å²) in [4.78, 5) is 13.6. The van der Waals surface area contributed by atoms with Crippen molar-refractivity contribution >= 4 is 5.78 Å². The van der Waals surface area contributed by atoms with E-state index in [0.29, 0.717) is 26.2 Å². The minimum atomic E-state index is 0.000953. The van der Waals surface area contributed by atoms with Gasteiger partial charge in [0.25, 0.3) is 0 Å². The third-order valence-electron chi connectivity index (χ3n) is 2.89. The zero-order valence-electron chi connectivity index (χ0n) is 9.51. The third-order valence-corrected chi connectivity index (χ3v) is 2.89. The molecule has 0 bridgehead atoms. The molecule has 0 aromatic carbocycles. The van der Waals surface area contributed by atoms with E-state index in [4.69, 9.17) is 16.1 Å². The fraction of sp³-hybridized carbons (Fsp3) is 0.900. The Morgan fingerprint density at radius 3 is 2.44 bits per heavy atom. The second-order valence-corrected chi connectivity index (χ2v) is 4.17. The molecule has 4 N–H and O–H groups in total. The lowest BCUT2D eigenvalue weighted by Gasteiger charge is -2.20. The Morgan fingerprint density at radius 1 is 1.38 bits per heavy atom. The summed E-state index contributed by atoms with van der Waals surface area (Å²) in [6, 6.07) is 0. The maximum absolute atomic E-state index is 11.9. The molecule has 0 aromatic rings. The van der Waals surface area contributed by atoms with E-state index in [0.717, 1.165) is 13.0 Å². The van der Waals surface area contributed by atoms with Crippen LogP contribution in [0.5, 0.6) is 0 Å². The number of carbonyl (C=O) groups excluding carboxylic acids is 1. The van der Waals surface area contributed by atoms with Crippen molar-refractivity contribution in [3.05, 3.63) is 0 Å². The van der Waals surface area contributed by atoms with Gasteiger partial charge in [0.2, 0.25) is 0 Å². The number of hydrogen-bond donors (Lipinski definition) is 3. The summed E-state index contributed by atoms with van der Waals surface area (Å²) < 4.78 is 0. The monoisotopic (exact) mass is 231 g/mol. The molecule has 1 heterocycles. The van der Waals surface area contributed by atoms with Crippen molar-refractivity contribution in [3.63, 3.8) is 0 Å². The number of Topliss-reactive ketones (excluding diaryl/α,β-unsaturated/α-hetero) is 1.